The largest absolute Gasteiger partial charge is 0.457 e. The minimum absolute atomic E-state index is 0.0314. The van der Waals surface area contributed by atoms with E-state index in [-0.39, 0.29) is 49.2 Å². The van der Waals surface area contributed by atoms with Gasteiger partial charge in [-0.05, 0) is 44.9 Å². The van der Waals surface area contributed by atoms with Crippen molar-refractivity contribution in [2.45, 2.75) is 33.1 Å². The van der Waals surface area contributed by atoms with Crippen molar-refractivity contribution in [3.05, 3.63) is 53.4 Å². The molecule has 35 heavy (non-hydrogen) atoms. The first kappa shape index (κ1) is 22.9. The Morgan fingerprint density at radius 2 is 1.69 bits per heavy atom. The predicted molar refractivity (Wildman–Crippen MR) is 123 cm³/mol. The number of nitrogens with zero attached hydrogens (tertiary/aromatic N) is 2. The van der Waals surface area contributed by atoms with E-state index in [1.807, 2.05) is 48.8 Å². The minimum Gasteiger partial charge on any atom is -0.457 e. The summed E-state index contributed by atoms with van der Waals surface area (Å²) >= 11 is 0. The van der Waals surface area contributed by atoms with E-state index in [1.54, 1.807) is 6.07 Å². The van der Waals surface area contributed by atoms with E-state index in [0.29, 0.717) is 35.6 Å². The Morgan fingerprint density at radius 1 is 1.00 bits per heavy atom. The van der Waals surface area contributed by atoms with Crippen molar-refractivity contribution in [1.82, 2.24) is 9.47 Å². The van der Waals surface area contributed by atoms with Gasteiger partial charge in [0.1, 0.15) is 0 Å². The average molecular weight is 479 g/mol. The van der Waals surface area contributed by atoms with Crippen LogP contribution in [0.3, 0.4) is 0 Å². The summed E-state index contributed by atoms with van der Waals surface area (Å²) in [5.74, 6) is -0.765. The number of aryl methyl sites for hydroxylation is 1. The summed E-state index contributed by atoms with van der Waals surface area (Å²) in [5, 5.41) is 0. The average Bonchev–Trinajstić information content (AvgIpc) is 3.51. The zero-order valence-electron chi connectivity index (χ0n) is 19.6. The lowest BCUT2D eigenvalue weighted by molar-refractivity contribution is -0.145. The molecule has 1 fully saturated rings. The van der Waals surface area contributed by atoms with Crippen molar-refractivity contribution in [1.29, 1.82) is 0 Å². The number of Topliss-reactive ketones (excluding diaryl/α,β-unsaturated/α-hetero) is 1. The van der Waals surface area contributed by atoms with Crippen LogP contribution >= 0.6 is 0 Å². The predicted octanol–water partition coefficient (Wildman–Crippen LogP) is 2.89. The van der Waals surface area contributed by atoms with Gasteiger partial charge in [-0.2, -0.15) is 0 Å². The van der Waals surface area contributed by atoms with Crippen LogP contribution in [0.5, 0.6) is 11.5 Å². The Kier molecular flexibility index (Phi) is 5.92. The number of aromatic nitrogens is 1. The van der Waals surface area contributed by atoms with Crippen molar-refractivity contribution < 1.29 is 33.4 Å². The number of benzene rings is 1. The maximum atomic E-state index is 12.8. The molecule has 0 unspecified atom stereocenters. The fraction of sp³-hybridized carbons (Fsp3) is 0.385. The molecule has 3 aliphatic rings. The molecule has 0 radical (unpaired) electrons. The molecule has 0 N–H and O–H groups in total. The Bertz CT molecular complexity index is 1230. The molecule has 2 amide bonds. The third-order valence-electron chi connectivity index (χ3n) is 6.85. The van der Waals surface area contributed by atoms with E-state index >= 15 is 0 Å². The van der Waals surface area contributed by atoms with Gasteiger partial charge in [0.05, 0.1) is 18.3 Å². The molecule has 2 aliphatic heterocycles. The Balaban J connectivity index is 1.19. The van der Waals surface area contributed by atoms with Gasteiger partial charge < -0.3 is 18.8 Å². The van der Waals surface area contributed by atoms with Gasteiger partial charge in [0, 0.05) is 35.2 Å². The summed E-state index contributed by atoms with van der Waals surface area (Å²) in [7, 11) is 0. The van der Waals surface area contributed by atoms with Crippen molar-refractivity contribution in [3.63, 3.8) is 0 Å². The number of carbonyl (C=O) groups is 4. The van der Waals surface area contributed by atoms with Crippen LogP contribution in [0.4, 0.5) is 0 Å². The smallest absolute Gasteiger partial charge is 0.308 e. The number of imide groups is 1. The molecule has 2 atom stereocenters. The summed E-state index contributed by atoms with van der Waals surface area (Å²) in [6, 6.07) is 7.31. The standard InChI is InChI=1S/C26H26N2O7/c1-15-11-20(16(2)28(15)17-7-8-22-23(12-17)35-14-34-22)21(29)13-33-24(30)9-10-27-25(31)18-5-3-4-6-19(18)26(27)32/h3-4,7-8,11-12,18-19H,5-6,9-10,13-14H2,1-2H3/t18-,19+. The van der Waals surface area contributed by atoms with Crippen LogP contribution in [0.1, 0.15) is 41.0 Å². The fourth-order valence-corrected chi connectivity index (χ4v) is 5.06. The van der Waals surface area contributed by atoms with Crippen molar-refractivity contribution in [2.24, 2.45) is 11.8 Å². The second-order valence-corrected chi connectivity index (χ2v) is 8.98. The maximum absolute atomic E-state index is 12.8. The molecule has 5 rings (SSSR count). The number of fused-ring (bicyclic) bond motifs is 2. The van der Waals surface area contributed by atoms with E-state index in [2.05, 4.69) is 0 Å². The SMILES string of the molecule is Cc1cc(C(=O)COC(=O)CCN2C(=O)[C@H]3CC=CC[C@H]3C2=O)c(C)n1-c1ccc2c(c1)OCO2. The maximum Gasteiger partial charge on any atom is 0.308 e. The van der Waals surface area contributed by atoms with E-state index in [0.717, 1.165) is 16.3 Å². The highest BCUT2D eigenvalue weighted by Crippen LogP contribution is 2.36. The summed E-state index contributed by atoms with van der Waals surface area (Å²) in [6.07, 6.45) is 4.79. The lowest BCUT2D eigenvalue weighted by atomic mass is 9.85. The van der Waals surface area contributed by atoms with Crippen molar-refractivity contribution >= 4 is 23.6 Å². The number of esters is 1. The van der Waals surface area contributed by atoms with Crippen molar-refractivity contribution in [3.8, 4) is 17.2 Å². The number of ether oxygens (including phenoxy) is 3. The topological polar surface area (TPSA) is 104 Å². The highest BCUT2D eigenvalue weighted by Gasteiger charge is 2.47. The zero-order chi connectivity index (χ0) is 24.7. The van der Waals surface area contributed by atoms with Crippen molar-refractivity contribution in [2.75, 3.05) is 19.9 Å². The third-order valence-corrected chi connectivity index (χ3v) is 6.85. The van der Waals surface area contributed by atoms with E-state index in [4.69, 9.17) is 14.2 Å². The van der Waals surface area contributed by atoms with E-state index < -0.39 is 12.6 Å². The summed E-state index contributed by atoms with van der Waals surface area (Å²) in [4.78, 5) is 51.3. The molecule has 182 valence electrons. The van der Waals surface area contributed by atoms with Crippen LogP contribution in [0.2, 0.25) is 0 Å². The first-order valence-electron chi connectivity index (χ1n) is 11.6. The van der Waals surface area contributed by atoms with Gasteiger partial charge in [-0.1, -0.05) is 12.2 Å². The van der Waals surface area contributed by atoms with Gasteiger partial charge >= 0.3 is 5.97 Å². The molecule has 1 aromatic heterocycles. The third kappa shape index (κ3) is 4.11. The molecule has 0 bridgehead atoms. The van der Waals surface area contributed by atoms with Crippen LogP contribution in [-0.4, -0.2) is 53.0 Å². The number of hydrogen-bond acceptors (Lipinski definition) is 7. The van der Waals surface area contributed by atoms with Gasteiger partial charge in [-0.3, -0.25) is 24.1 Å². The molecule has 0 saturated carbocycles. The lowest BCUT2D eigenvalue weighted by Crippen LogP contribution is -2.33. The number of ketones is 1. The quantitative estimate of drug-likeness (QED) is 0.261. The normalized spacial score (nSPS) is 20.3. The van der Waals surface area contributed by atoms with Crippen LogP contribution < -0.4 is 9.47 Å². The molecular weight excluding hydrogens is 452 g/mol. The lowest BCUT2D eigenvalue weighted by Gasteiger charge is -2.14. The summed E-state index contributed by atoms with van der Waals surface area (Å²) < 4.78 is 17.9. The Labute approximate surface area is 202 Å². The number of amides is 2. The van der Waals surface area contributed by atoms with Crippen LogP contribution in [0, 0.1) is 25.7 Å². The van der Waals surface area contributed by atoms with E-state index in [9.17, 15) is 19.2 Å². The molecule has 9 heteroatoms. The van der Waals surface area contributed by atoms with Gasteiger partial charge in [0.25, 0.3) is 0 Å². The molecule has 1 saturated heterocycles. The Morgan fingerprint density at radius 3 is 2.40 bits per heavy atom. The van der Waals surface area contributed by atoms with Gasteiger partial charge in [-0.25, -0.2) is 0 Å². The van der Waals surface area contributed by atoms with Crippen LogP contribution in [-0.2, 0) is 19.1 Å². The van der Waals surface area contributed by atoms with E-state index in [1.165, 1.54) is 0 Å². The minimum atomic E-state index is -0.628. The highest BCUT2D eigenvalue weighted by molar-refractivity contribution is 6.05. The molecule has 2 aromatic rings. The number of carbonyl (C=O) groups excluding carboxylic acids is 4. The number of rotatable bonds is 7. The molecule has 1 aromatic carbocycles. The van der Waals surface area contributed by atoms with Gasteiger partial charge in [0.15, 0.2) is 18.1 Å². The monoisotopic (exact) mass is 478 g/mol. The molecule has 1 aliphatic carbocycles. The molecule has 0 spiro atoms. The highest BCUT2D eigenvalue weighted by atomic mass is 16.7. The second kappa shape index (κ2) is 9.05. The fourth-order valence-electron chi connectivity index (χ4n) is 5.06. The number of hydrogen-bond donors (Lipinski definition) is 0. The first-order chi connectivity index (χ1) is 16.8. The van der Waals surface area contributed by atoms with Crippen LogP contribution in [0.15, 0.2) is 36.4 Å². The number of allylic oxidation sites excluding steroid dienone is 2. The van der Waals surface area contributed by atoms with Gasteiger partial charge in [-0.15, -0.1) is 0 Å². The molecular formula is C26H26N2O7. The first-order valence-corrected chi connectivity index (χ1v) is 11.6. The van der Waals surface area contributed by atoms with Gasteiger partial charge in [0.2, 0.25) is 24.4 Å². The van der Waals surface area contributed by atoms with Crippen LogP contribution in [0.25, 0.3) is 5.69 Å². The second-order valence-electron chi connectivity index (χ2n) is 8.98. The molecule has 3 heterocycles. The zero-order valence-corrected chi connectivity index (χ0v) is 19.6. The summed E-state index contributed by atoms with van der Waals surface area (Å²) in [6.45, 7) is 3.44. The number of likely N-dealkylation sites (tertiary alicyclic amines) is 1. The Hall–Kier alpha value is -3.88. The summed E-state index contributed by atoms with van der Waals surface area (Å²) in [5.41, 5.74) is 2.84. The molecule has 9 nitrogen and oxygen atoms in total.